The molecule has 1 atom stereocenters. The van der Waals surface area contributed by atoms with Crippen LogP contribution in [0.5, 0.6) is 0 Å². The summed E-state index contributed by atoms with van der Waals surface area (Å²) in [6, 6.07) is 6.00. The third-order valence-corrected chi connectivity index (χ3v) is 3.99. The average Bonchev–Trinajstić information content (AvgIpc) is 2.84. The van der Waals surface area contributed by atoms with Gasteiger partial charge >= 0.3 is 6.09 Å². The summed E-state index contributed by atoms with van der Waals surface area (Å²) in [7, 11) is 0. The average molecular weight is 383 g/mol. The number of aliphatic hydroxyl groups excluding tert-OH is 1. The van der Waals surface area contributed by atoms with Gasteiger partial charge in [0.1, 0.15) is 5.60 Å². The van der Waals surface area contributed by atoms with E-state index in [9.17, 15) is 9.90 Å². The highest BCUT2D eigenvalue weighted by Gasteiger charge is 2.18. The number of aliphatic hydroxyl groups is 1. The predicted octanol–water partition coefficient (Wildman–Crippen LogP) is 3.92. The number of aromatic nitrogens is 1. The number of alkyl carbamates (subject to hydrolysis) is 1. The molecule has 0 radical (unpaired) electrons. The molecule has 0 unspecified atom stereocenters. The van der Waals surface area contributed by atoms with Crippen molar-refractivity contribution >= 4 is 32.9 Å². The number of amides is 1. The zero-order chi connectivity index (χ0) is 17.0. The van der Waals surface area contributed by atoms with Crippen molar-refractivity contribution in [1.29, 1.82) is 0 Å². The Balaban J connectivity index is 2.00. The van der Waals surface area contributed by atoms with E-state index in [0.29, 0.717) is 13.0 Å². The third kappa shape index (κ3) is 4.97. The van der Waals surface area contributed by atoms with Crippen molar-refractivity contribution in [2.75, 3.05) is 13.2 Å². The Morgan fingerprint density at radius 1 is 1.43 bits per heavy atom. The van der Waals surface area contributed by atoms with Crippen molar-refractivity contribution in [3.63, 3.8) is 0 Å². The summed E-state index contributed by atoms with van der Waals surface area (Å²) in [5.41, 5.74) is 1.57. The zero-order valence-electron chi connectivity index (χ0n) is 13.6. The Morgan fingerprint density at radius 2 is 2.17 bits per heavy atom. The molecule has 0 spiro atoms. The maximum Gasteiger partial charge on any atom is 0.407 e. The van der Waals surface area contributed by atoms with Crippen molar-refractivity contribution in [1.82, 2.24) is 10.3 Å². The largest absolute Gasteiger partial charge is 0.444 e. The van der Waals surface area contributed by atoms with Gasteiger partial charge in [-0.25, -0.2) is 4.79 Å². The molecule has 0 fully saturated rings. The molecule has 126 valence electrons. The Labute approximate surface area is 144 Å². The van der Waals surface area contributed by atoms with Crippen molar-refractivity contribution < 1.29 is 14.6 Å². The smallest absolute Gasteiger partial charge is 0.407 e. The minimum absolute atomic E-state index is 0.0233. The lowest BCUT2D eigenvalue weighted by atomic mass is 9.96. The van der Waals surface area contributed by atoms with Gasteiger partial charge in [0.2, 0.25) is 0 Å². The minimum Gasteiger partial charge on any atom is -0.444 e. The number of H-pyrrole nitrogens is 1. The number of carbonyl (C=O) groups is 1. The van der Waals surface area contributed by atoms with Crippen LogP contribution in [-0.4, -0.2) is 34.9 Å². The van der Waals surface area contributed by atoms with E-state index >= 15 is 0 Å². The molecule has 0 saturated carbocycles. The summed E-state index contributed by atoms with van der Waals surface area (Å²) in [5.74, 6) is -0.0482. The monoisotopic (exact) mass is 382 g/mol. The standard InChI is InChI=1S/C17H23BrN2O3/c1-17(2,3)23-16(22)19-7-6-11(10-21)14-9-20-15-5-4-12(18)8-13(14)15/h4-5,8-9,11,20-21H,6-7,10H2,1-3H3,(H,19,22)/t11-/m0/s1. The molecule has 1 aromatic carbocycles. The van der Waals surface area contributed by atoms with E-state index in [1.807, 2.05) is 45.2 Å². The second-order valence-corrected chi connectivity index (χ2v) is 7.45. The Morgan fingerprint density at radius 3 is 2.83 bits per heavy atom. The number of ether oxygens (including phenoxy) is 1. The van der Waals surface area contributed by atoms with E-state index in [1.165, 1.54) is 0 Å². The maximum atomic E-state index is 11.7. The van der Waals surface area contributed by atoms with Gasteiger partial charge in [0.05, 0.1) is 6.61 Å². The molecular formula is C17H23BrN2O3. The molecule has 0 aliphatic heterocycles. The van der Waals surface area contributed by atoms with Crippen LogP contribution in [0.4, 0.5) is 4.79 Å². The number of rotatable bonds is 5. The van der Waals surface area contributed by atoms with Crippen LogP contribution < -0.4 is 5.32 Å². The topological polar surface area (TPSA) is 74.3 Å². The van der Waals surface area contributed by atoms with Crippen LogP contribution in [0.1, 0.15) is 38.7 Å². The van der Waals surface area contributed by atoms with Gasteiger partial charge in [0, 0.05) is 34.0 Å². The first-order chi connectivity index (χ1) is 10.8. The fraction of sp³-hybridized carbons (Fsp3) is 0.471. The number of carbonyl (C=O) groups excluding carboxylic acids is 1. The van der Waals surface area contributed by atoms with Crippen LogP contribution >= 0.6 is 15.9 Å². The fourth-order valence-electron chi connectivity index (χ4n) is 2.46. The second-order valence-electron chi connectivity index (χ2n) is 6.53. The van der Waals surface area contributed by atoms with Crippen molar-refractivity contribution in [3.05, 3.63) is 34.4 Å². The van der Waals surface area contributed by atoms with Gasteiger partial charge in [-0.05, 0) is 51.0 Å². The molecule has 0 saturated heterocycles. The Kier molecular flexibility index (Phi) is 5.70. The van der Waals surface area contributed by atoms with E-state index in [1.54, 1.807) is 0 Å². The van der Waals surface area contributed by atoms with Gasteiger partial charge in [-0.2, -0.15) is 0 Å². The van der Waals surface area contributed by atoms with Gasteiger partial charge in [0.25, 0.3) is 0 Å². The molecule has 1 aromatic heterocycles. The van der Waals surface area contributed by atoms with E-state index < -0.39 is 11.7 Å². The predicted molar refractivity (Wildman–Crippen MR) is 94.7 cm³/mol. The lowest BCUT2D eigenvalue weighted by Gasteiger charge is -2.20. The third-order valence-electron chi connectivity index (χ3n) is 3.50. The highest BCUT2D eigenvalue weighted by molar-refractivity contribution is 9.10. The van der Waals surface area contributed by atoms with Gasteiger partial charge in [-0.1, -0.05) is 15.9 Å². The molecule has 5 nitrogen and oxygen atoms in total. The first-order valence-electron chi connectivity index (χ1n) is 7.64. The highest BCUT2D eigenvalue weighted by atomic mass is 79.9. The summed E-state index contributed by atoms with van der Waals surface area (Å²) in [4.78, 5) is 14.9. The number of halogens is 1. The van der Waals surface area contributed by atoms with Crippen LogP contribution in [0.25, 0.3) is 10.9 Å². The lowest BCUT2D eigenvalue weighted by molar-refractivity contribution is 0.0525. The van der Waals surface area contributed by atoms with Crippen molar-refractivity contribution in [3.8, 4) is 0 Å². The summed E-state index contributed by atoms with van der Waals surface area (Å²) in [6.45, 7) is 5.95. The van der Waals surface area contributed by atoms with Gasteiger partial charge in [-0.3, -0.25) is 0 Å². The molecule has 1 heterocycles. The quantitative estimate of drug-likeness (QED) is 0.733. The number of aromatic amines is 1. The minimum atomic E-state index is -0.510. The first-order valence-corrected chi connectivity index (χ1v) is 8.43. The Bertz CT molecular complexity index is 676. The molecule has 23 heavy (non-hydrogen) atoms. The number of nitrogens with one attached hydrogen (secondary N) is 2. The van der Waals surface area contributed by atoms with Crippen LogP contribution in [0.15, 0.2) is 28.9 Å². The van der Waals surface area contributed by atoms with Crippen molar-refractivity contribution in [2.24, 2.45) is 0 Å². The maximum absolute atomic E-state index is 11.7. The molecule has 3 N–H and O–H groups in total. The highest BCUT2D eigenvalue weighted by Crippen LogP contribution is 2.29. The van der Waals surface area contributed by atoms with E-state index in [4.69, 9.17) is 4.74 Å². The molecule has 2 aromatic rings. The molecule has 0 aliphatic rings. The number of hydrogen-bond donors (Lipinski definition) is 3. The van der Waals surface area contributed by atoms with Crippen LogP contribution in [-0.2, 0) is 4.74 Å². The van der Waals surface area contributed by atoms with Crippen LogP contribution in [0.3, 0.4) is 0 Å². The molecule has 1 amide bonds. The molecule has 0 bridgehead atoms. The summed E-state index contributed by atoms with van der Waals surface area (Å²) in [6.07, 6.45) is 2.12. The number of fused-ring (bicyclic) bond motifs is 1. The van der Waals surface area contributed by atoms with Crippen molar-refractivity contribution in [2.45, 2.75) is 38.7 Å². The fourth-order valence-corrected chi connectivity index (χ4v) is 2.82. The second kappa shape index (κ2) is 7.36. The summed E-state index contributed by atoms with van der Waals surface area (Å²) < 4.78 is 6.20. The first kappa shape index (κ1) is 17.8. The molecular weight excluding hydrogens is 360 g/mol. The number of hydrogen-bond acceptors (Lipinski definition) is 3. The summed E-state index contributed by atoms with van der Waals surface area (Å²) >= 11 is 3.47. The SMILES string of the molecule is CC(C)(C)OC(=O)NCC[C@@H](CO)c1c[nH]c2ccc(Br)cc12. The zero-order valence-corrected chi connectivity index (χ0v) is 15.2. The van der Waals surface area contributed by atoms with Gasteiger partial charge < -0.3 is 20.1 Å². The Hall–Kier alpha value is -1.53. The molecule has 6 heteroatoms. The van der Waals surface area contributed by atoms with Gasteiger partial charge in [0.15, 0.2) is 0 Å². The van der Waals surface area contributed by atoms with Gasteiger partial charge in [-0.15, -0.1) is 0 Å². The molecule has 2 rings (SSSR count). The van der Waals surface area contributed by atoms with Crippen LogP contribution in [0, 0.1) is 0 Å². The number of benzene rings is 1. The lowest BCUT2D eigenvalue weighted by Crippen LogP contribution is -2.33. The van der Waals surface area contributed by atoms with Crippen LogP contribution in [0.2, 0.25) is 0 Å². The van der Waals surface area contributed by atoms with E-state index in [0.717, 1.165) is 20.9 Å². The van der Waals surface area contributed by atoms with E-state index in [-0.39, 0.29) is 12.5 Å². The summed E-state index contributed by atoms with van der Waals surface area (Å²) in [5, 5.41) is 13.5. The molecule has 0 aliphatic carbocycles. The normalized spacial score (nSPS) is 13.1. The van der Waals surface area contributed by atoms with E-state index in [2.05, 4.69) is 26.2 Å².